The first kappa shape index (κ1) is 16.3. The molecule has 4 nitrogen and oxygen atoms in total. The number of halogens is 1. The summed E-state index contributed by atoms with van der Waals surface area (Å²) < 4.78 is 5.64. The summed E-state index contributed by atoms with van der Waals surface area (Å²) in [5.74, 6) is 0.530. The van der Waals surface area contributed by atoms with Gasteiger partial charge in [-0.1, -0.05) is 29.8 Å². The van der Waals surface area contributed by atoms with E-state index in [1.54, 1.807) is 6.07 Å². The number of para-hydroxylation sites is 1. The summed E-state index contributed by atoms with van der Waals surface area (Å²) in [5, 5.41) is 3.44. The maximum Gasteiger partial charge on any atom is 0.241 e. The number of anilines is 1. The van der Waals surface area contributed by atoms with Gasteiger partial charge in [0.1, 0.15) is 5.75 Å². The van der Waals surface area contributed by atoms with Crippen LogP contribution in [0.3, 0.4) is 0 Å². The molecular formula is C17H19ClN2O2. The third-order valence-electron chi connectivity index (χ3n) is 3.20. The van der Waals surface area contributed by atoms with E-state index in [2.05, 4.69) is 5.32 Å². The fraction of sp³-hybridized carbons (Fsp3) is 0.235. The van der Waals surface area contributed by atoms with Crippen LogP contribution in [0.1, 0.15) is 12.0 Å². The Labute approximate surface area is 135 Å². The summed E-state index contributed by atoms with van der Waals surface area (Å²) in [6, 6.07) is 14.0. The minimum absolute atomic E-state index is 0.220. The first-order valence-electron chi connectivity index (χ1n) is 7.06. The van der Waals surface area contributed by atoms with Gasteiger partial charge in [0.15, 0.2) is 0 Å². The molecule has 0 heterocycles. The molecule has 0 fully saturated rings. The Morgan fingerprint density at radius 3 is 2.68 bits per heavy atom. The quantitative estimate of drug-likeness (QED) is 0.858. The summed E-state index contributed by atoms with van der Waals surface area (Å²) in [5.41, 5.74) is 7.57. The second-order valence-electron chi connectivity index (χ2n) is 5.01. The van der Waals surface area contributed by atoms with Crippen molar-refractivity contribution in [2.24, 2.45) is 5.73 Å². The first-order chi connectivity index (χ1) is 10.6. The fourth-order valence-electron chi connectivity index (χ4n) is 1.96. The van der Waals surface area contributed by atoms with Gasteiger partial charge in [-0.2, -0.15) is 0 Å². The molecule has 0 saturated heterocycles. The standard InChI is InChI=1S/C17H19ClN2O2/c1-12-11-13(18)7-8-16(12)22-10-9-15(19)17(21)20-14-5-3-2-4-6-14/h2-8,11,15H,9-10,19H2,1H3,(H,20,21). The Balaban J connectivity index is 1.79. The van der Waals surface area contributed by atoms with Gasteiger partial charge in [0.05, 0.1) is 12.6 Å². The van der Waals surface area contributed by atoms with E-state index in [0.29, 0.717) is 18.1 Å². The zero-order valence-electron chi connectivity index (χ0n) is 12.4. The number of rotatable bonds is 6. The van der Waals surface area contributed by atoms with E-state index in [0.717, 1.165) is 17.0 Å². The zero-order chi connectivity index (χ0) is 15.9. The summed E-state index contributed by atoms with van der Waals surface area (Å²) >= 11 is 5.89. The fourth-order valence-corrected chi connectivity index (χ4v) is 2.18. The Morgan fingerprint density at radius 2 is 2.00 bits per heavy atom. The van der Waals surface area contributed by atoms with Crippen LogP contribution in [0, 0.1) is 6.92 Å². The predicted molar refractivity (Wildman–Crippen MR) is 89.3 cm³/mol. The molecule has 0 aliphatic carbocycles. The third-order valence-corrected chi connectivity index (χ3v) is 3.44. The SMILES string of the molecule is Cc1cc(Cl)ccc1OCCC(N)C(=O)Nc1ccccc1. The molecule has 2 aromatic rings. The molecule has 0 aliphatic heterocycles. The van der Waals surface area contributed by atoms with Crippen LogP contribution in [0.2, 0.25) is 5.02 Å². The Kier molecular flexibility index (Phi) is 5.81. The minimum atomic E-state index is -0.618. The molecule has 22 heavy (non-hydrogen) atoms. The number of nitrogens with one attached hydrogen (secondary N) is 1. The van der Waals surface area contributed by atoms with Gasteiger partial charge >= 0.3 is 0 Å². The van der Waals surface area contributed by atoms with Crippen molar-refractivity contribution in [3.63, 3.8) is 0 Å². The molecule has 0 saturated carbocycles. The zero-order valence-corrected chi connectivity index (χ0v) is 13.1. The maximum atomic E-state index is 12.0. The van der Waals surface area contributed by atoms with E-state index in [1.807, 2.05) is 49.4 Å². The van der Waals surface area contributed by atoms with Gasteiger partial charge in [0.25, 0.3) is 0 Å². The molecule has 2 rings (SSSR count). The lowest BCUT2D eigenvalue weighted by Crippen LogP contribution is -2.36. The Bertz CT molecular complexity index is 632. The van der Waals surface area contributed by atoms with E-state index in [1.165, 1.54) is 0 Å². The van der Waals surface area contributed by atoms with Crippen molar-refractivity contribution in [2.45, 2.75) is 19.4 Å². The van der Waals surface area contributed by atoms with Crippen molar-refractivity contribution >= 4 is 23.2 Å². The van der Waals surface area contributed by atoms with Crippen molar-refractivity contribution < 1.29 is 9.53 Å². The number of carbonyl (C=O) groups excluding carboxylic acids is 1. The van der Waals surface area contributed by atoms with Crippen LogP contribution in [0.25, 0.3) is 0 Å². The number of hydrogen-bond acceptors (Lipinski definition) is 3. The second-order valence-corrected chi connectivity index (χ2v) is 5.45. The van der Waals surface area contributed by atoms with Crippen LogP contribution < -0.4 is 15.8 Å². The van der Waals surface area contributed by atoms with E-state index < -0.39 is 6.04 Å². The highest BCUT2D eigenvalue weighted by Gasteiger charge is 2.13. The number of benzene rings is 2. The minimum Gasteiger partial charge on any atom is -0.493 e. The van der Waals surface area contributed by atoms with E-state index >= 15 is 0 Å². The maximum absolute atomic E-state index is 12.0. The normalized spacial score (nSPS) is 11.8. The number of ether oxygens (including phenoxy) is 1. The number of carbonyl (C=O) groups is 1. The number of nitrogens with two attached hydrogens (primary N) is 1. The Hall–Kier alpha value is -2.04. The smallest absolute Gasteiger partial charge is 0.241 e. The average Bonchev–Trinajstić information content (AvgIpc) is 2.50. The molecule has 2 aromatic carbocycles. The van der Waals surface area contributed by atoms with Gasteiger partial charge in [-0.05, 0) is 42.8 Å². The first-order valence-corrected chi connectivity index (χ1v) is 7.44. The predicted octanol–water partition coefficient (Wildman–Crippen LogP) is 3.38. The van der Waals surface area contributed by atoms with Crippen molar-refractivity contribution in [2.75, 3.05) is 11.9 Å². The van der Waals surface area contributed by atoms with Crippen LogP contribution >= 0.6 is 11.6 Å². The van der Waals surface area contributed by atoms with Crippen LogP contribution in [0.15, 0.2) is 48.5 Å². The highest BCUT2D eigenvalue weighted by atomic mass is 35.5. The van der Waals surface area contributed by atoms with Crippen LogP contribution in [-0.2, 0) is 4.79 Å². The number of amides is 1. The lowest BCUT2D eigenvalue weighted by atomic mass is 10.2. The molecule has 0 aliphatic rings. The van der Waals surface area contributed by atoms with Crippen LogP contribution in [-0.4, -0.2) is 18.6 Å². The van der Waals surface area contributed by atoms with Gasteiger partial charge in [0.2, 0.25) is 5.91 Å². The molecule has 1 unspecified atom stereocenters. The Morgan fingerprint density at radius 1 is 1.27 bits per heavy atom. The van der Waals surface area contributed by atoms with E-state index in [9.17, 15) is 4.79 Å². The van der Waals surface area contributed by atoms with Crippen LogP contribution in [0.5, 0.6) is 5.75 Å². The molecule has 1 amide bonds. The van der Waals surface area contributed by atoms with Crippen molar-refractivity contribution in [3.05, 3.63) is 59.1 Å². The topological polar surface area (TPSA) is 64.3 Å². The van der Waals surface area contributed by atoms with E-state index in [-0.39, 0.29) is 5.91 Å². The van der Waals surface area contributed by atoms with Gasteiger partial charge in [-0.15, -0.1) is 0 Å². The molecule has 0 aromatic heterocycles. The van der Waals surface area contributed by atoms with Crippen molar-refractivity contribution in [1.29, 1.82) is 0 Å². The molecule has 0 radical (unpaired) electrons. The molecule has 0 bridgehead atoms. The van der Waals surface area contributed by atoms with Gasteiger partial charge in [0, 0.05) is 17.1 Å². The largest absolute Gasteiger partial charge is 0.493 e. The van der Waals surface area contributed by atoms with Crippen molar-refractivity contribution in [1.82, 2.24) is 0 Å². The summed E-state index contributed by atoms with van der Waals surface area (Å²) in [7, 11) is 0. The number of hydrogen-bond donors (Lipinski definition) is 2. The molecule has 0 spiro atoms. The van der Waals surface area contributed by atoms with Crippen LogP contribution in [0.4, 0.5) is 5.69 Å². The molecule has 116 valence electrons. The van der Waals surface area contributed by atoms with E-state index in [4.69, 9.17) is 22.1 Å². The molecular weight excluding hydrogens is 300 g/mol. The van der Waals surface area contributed by atoms with Gasteiger partial charge in [-0.3, -0.25) is 4.79 Å². The summed E-state index contributed by atoms with van der Waals surface area (Å²) in [4.78, 5) is 12.0. The van der Waals surface area contributed by atoms with Crippen molar-refractivity contribution in [3.8, 4) is 5.75 Å². The molecule has 5 heteroatoms. The second kappa shape index (κ2) is 7.82. The molecule has 1 atom stereocenters. The summed E-state index contributed by atoms with van der Waals surface area (Å²) in [6.07, 6.45) is 0.431. The van der Waals surface area contributed by atoms with Gasteiger partial charge in [-0.25, -0.2) is 0 Å². The lowest BCUT2D eigenvalue weighted by Gasteiger charge is -2.14. The lowest BCUT2D eigenvalue weighted by molar-refractivity contribution is -0.117. The number of aryl methyl sites for hydroxylation is 1. The molecule has 3 N–H and O–H groups in total. The van der Waals surface area contributed by atoms with Gasteiger partial charge < -0.3 is 15.8 Å². The highest BCUT2D eigenvalue weighted by Crippen LogP contribution is 2.21. The summed E-state index contributed by atoms with van der Waals surface area (Å²) in [6.45, 7) is 2.29. The monoisotopic (exact) mass is 318 g/mol. The third kappa shape index (κ3) is 4.76. The highest BCUT2D eigenvalue weighted by molar-refractivity contribution is 6.30. The average molecular weight is 319 g/mol.